The molecule has 2 rings (SSSR count). The first kappa shape index (κ1) is 11.6. The van der Waals surface area contributed by atoms with E-state index in [2.05, 4.69) is 11.0 Å². The Morgan fingerprint density at radius 1 is 1.53 bits per heavy atom. The summed E-state index contributed by atoms with van der Waals surface area (Å²) >= 11 is 0. The lowest BCUT2D eigenvalue weighted by atomic mass is 10.1. The highest BCUT2D eigenvalue weighted by Gasteiger charge is 2.29. The first-order valence-corrected chi connectivity index (χ1v) is 5.73. The zero-order valence-electron chi connectivity index (χ0n) is 9.60. The molecule has 1 heterocycles. The molecule has 0 bridgehead atoms. The Kier molecular flexibility index (Phi) is 3.40. The third kappa shape index (κ3) is 2.45. The first-order valence-electron chi connectivity index (χ1n) is 5.73. The molecule has 0 unspecified atom stereocenters. The molecule has 0 radical (unpaired) electrons. The maximum Gasteiger partial charge on any atom is 0.234 e. The van der Waals surface area contributed by atoms with E-state index in [0.717, 1.165) is 24.9 Å². The Bertz CT molecular complexity index is 464. The molecule has 1 aliphatic heterocycles. The monoisotopic (exact) mass is 229 g/mol. The number of amides is 1. The van der Waals surface area contributed by atoms with Gasteiger partial charge >= 0.3 is 0 Å². The Morgan fingerprint density at radius 2 is 2.29 bits per heavy atom. The number of carbonyl (C=O) groups is 1. The van der Waals surface area contributed by atoms with Gasteiger partial charge in [0.15, 0.2) is 0 Å². The second-order valence-electron chi connectivity index (χ2n) is 4.30. The SMILES string of the molecule is N#Cc1ccccc1CN1CCC[C@H]1C(N)=O. The molecule has 0 aromatic heterocycles. The van der Waals surface area contributed by atoms with Crippen LogP contribution in [-0.2, 0) is 11.3 Å². The zero-order chi connectivity index (χ0) is 12.3. The van der Waals surface area contributed by atoms with Crippen LogP contribution in [-0.4, -0.2) is 23.4 Å². The molecule has 1 aromatic rings. The largest absolute Gasteiger partial charge is 0.368 e. The van der Waals surface area contributed by atoms with Gasteiger partial charge in [-0.2, -0.15) is 5.26 Å². The van der Waals surface area contributed by atoms with E-state index < -0.39 is 0 Å². The topological polar surface area (TPSA) is 70.1 Å². The fourth-order valence-electron chi connectivity index (χ4n) is 2.32. The fourth-order valence-corrected chi connectivity index (χ4v) is 2.32. The lowest BCUT2D eigenvalue weighted by Crippen LogP contribution is -2.39. The molecule has 1 aliphatic rings. The van der Waals surface area contributed by atoms with Crippen molar-refractivity contribution in [3.05, 3.63) is 35.4 Å². The number of hydrogen-bond acceptors (Lipinski definition) is 3. The normalized spacial score (nSPS) is 20.1. The van der Waals surface area contributed by atoms with Crippen LogP contribution in [0.25, 0.3) is 0 Å². The van der Waals surface area contributed by atoms with E-state index in [0.29, 0.717) is 12.1 Å². The van der Waals surface area contributed by atoms with Gasteiger partial charge in [-0.05, 0) is 31.0 Å². The number of nitrogens with two attached hydrogens (primary N) is 1. The summed E-state index contributed by atoms with van der Waals surface area (Å²) in [4.78, 5) is 13.3. The number of carbonyl (C=O) groups excluding carboxylic acids is 1. The van der Waals surface area contributed by atoms with Crippen molar-refractivity contribution in [2.75, 3.05) is 6.54 Å². The van der Waals surface area contributed by atoms with Crippen molar-refractivity contribution in [2.45, 2.75) is 25.4 Å². The Morgan fingerprint density at radius 3 is 3.00 bits per heavy atom. The molecule has 1 atom stereocenters. The smallest absolute Gasteiger partial charge is 0.234 e. The zero-order valence-corrected chi connectivity index (χ0v) is 9.60. The molecule has 88 valence electrons. The third-order valence-corrected chi connectivity index (χ3v) is 3.20. The summed E-state index contributed by atoms with van der Waals surface area (Å²) in [6.45, 7) is 1.49. The summed E-state index contributed by atoms with van der Waals surface area (Å²) in [6, 6.07) is 9.47. The summed E-state index contributed by atoms with van der Waals surface area (Å²) in [5, 5.41) is 9.01. The highest BCUT2D eigenvalue weighted by molar-refractivity contribution is 5.80. The second-order valence-corrected chi connectivity index (χ2v) is 4.30. The van der Waals surface area contributed by atoms with Gasteiger partial charge in [-0.25, -0.2) is 0 Å². The standard InChI is InChI=1S/C13H15N3O/c14-8-10-4-1-2-5-11(10)9-16-7-3-6-12(16)13(15)17/h1-2,4-5,12H,3,6-7,9H2,(H2,15,17)/t12-/m0/s1. The van der Waals surface area contributed by atoms with Crippen molar-refractivity contribution < 1.29 is 4.79 Å². The Hall–Kier alpha value is -1.86. The number of rotatable bonds is 3. The molecule has 0 saturated carbocycles. The number of hydrogen-bond donors (Lipinski definition) is 1. The number of likely N-dealkylation sites (tertiary alicyclic amines) is 1. The summed E-state index contributed by atoms with van der Waals surface area (Å²) in [5.41, 5.74) is 7.00. The first-order chi connectivity index (χ1) is 8.22. The van der Waals surface area contributed by atoms with E-state index in [4.69, 9.17) is 11.0 Å². The van der Waals surface area contributed by atoms with E-state index in [-0.39, 0.29) is 11.9 Å². The molecule has 0 aliphatic carbocycles. The van der Waals surface area contributed by atoms with Crippen LogP contribution in [0.3, 0.4) is 0 Å². The lowest BCUT2D eigenvalue weighted by Gasteiger charge is -2.22. The highest BCUT2D eigenvalue weighted by atomic mass is 16.1. The van der Waals surface area contributed by atoms with Gasteiger partial charge in [0, 0.05) is 6.54 Å². The molecular formula is C13H15N3O. The van der Waals surface area contributed by atoms with Crippen molar-refractivity contribution in [1.29, 1.82) is 5.26 Å². The molecule has 1 amide bonds. The van der Waals surface area contributed by atoms with E-state index in [9.17, 15) is 4.79 Å². The van der Waals surface area contributed by atoms with Gasteiger partial charge in [0.2, 0.25) is 5.91 Å². The molecule has 4 heteroatoms. The van der Waals surface area contributed by atoms with Gasteiger partial charge in [0.25, 0.3) is 0 Å². The molecule has 17 heavy (non-hydrogen) atoms. The van der Waals surface area contributed by atoms with E-state index in [1.807, 2.05) is 18.2 Å². The van der Waals surface area contributed by atoms with Gasteiger partial charge in [-0.3, -0.25) is 9.69 Å². The summed E-state index contributed by atoms with van der Waals surface area (Å²) in [5.74, 6) is -0.267. The van der Waals surface area contributed by atoms with Crippen LogP contribution in [0.2, 0.25) is 0 Å². The molecule has 1 fully saturated rings. The van der Waals surface area contributed by atoms with Crippen LogP contribution in [0.5, 0.6) is 0 Å². The van der Waals surface area contributed by atoms with Crippen LogP contribution in [0, 0.1) is 11.3 Å². The van der Waals surface area contributed by atoms with Crippen molar-refractivity contribution in [3.63, 3.8) is 0 Å². The fraction of sp³-hybridized carbons (Fsp3) is 0.385. The molecule has 2 N–H and O–H groups in total. The minimum Gasteiger partial charge on any atom is -0.368 e. The van der Waals surface area contributed by atoms with Gasteiger partial charge in [0.05, 0.1) is 17.7 Å². The number of primary amides is 1. The number of nitriles is 1. The van der Waals surface area contributed by atoms with Crippen molar-refractivity contribution in [1.82, 2.24) is 4.90 Å². The summed E-state index contributed by atoms with van der Waals surface area (Å²) < 4.78 is 0. The predicted molar refractivity (Wildman–Crippen MR) is 63.8 cm³/mol. The second kappa shape index (κ2) is 4.98. The molecule has 4 nitrogen and oxygen atoms in total. The minimum atomic E-state index is -0.267. The molecule has 1 saturated heterocycles. The van der Waals surface area contributed by atoms with Crippen LogP contribution in [0.1, 0.15) is 24.0 Å². The Balaban J connectivity index is 2.15. The van der Waals surface area contributed by atoms with Gasteiger partial charge in [0.1, 0.15) is 0 Å². The number of benzene rings is 1. The highest BCUT2D eigenvalue weighted by Crippen LogP contribution is 2.21. The van der Waals surface area contributed by atoms with Crippen LogP contribution in [0.4, 0.5) is 0 Å². The average molecular weight is 229 g/mol. The van der Waals surface area contributed by atoms with Gasteiger partial charge in [-0.15, -0.1) is 0 Å². The summed E-state index contributed by atoms with van der Waals surface area (Å²) in [7, 11) is 0. The van der Waals surface area contributed by atoms with Crippen LogP contribution in [0.15, 0.2) is 24.3 Å². The Labute approximate surface area is 101 Å². The van der Waals surface area contributed by atoms with Crippen molar-refractivity contribution in [3.8, 4) is 6.07 Å². The number of nitrogens with zero attached hydrogens (tertiary/aromatic N) is 2. The maximum absolute atomic E-state index is 11.3. The van der Waals surface area contributed by atoms with Crippen molar-refractivity contribution >= 4 is 5.91 Å². The quantitative estimate of drug-likeness (QED) is 0.840. The lowest BCUT2D eigenvalue weighted by molar-refractivity contribution is -0.122. The minimum absolute atomic E-state index is 0.179. The van der Waals surface area contributed by atoms with E-state index >= 15 is 0 Å². The average Bonchev–Trinajstić information content (AvgIpc) is 2.78. The van der Waals surface area contributed by atoms with Crippen LogP contribution < -0.4 is 5.73 Å². The molecular weight excluding hydrogens is 214 g/mol. The molecule has 1 aromatic carbocycles. The van der Waals surface area contributed by atoms with Crippen LogP contribution >= 0.6 is 0 Å². The third-order valence-electron chi connectivity index (χ3n) is 3.20. The van der Waals surface area contributed by atoms with Gasteiger partial charge < -0.3 is 5.73 Å². The molecule has 0 spiro atoms. The van der Waals surface area contributed by atoms with Gasteiger partial charge in [-0.1, -0.05) is 18.2 Å². The van der Waals surface area contributed by atoms with E-state index in [1.165, 1.54) is 0 Å². The van der Waals surface area contributed by atoms with Crippen molar-refractivity contribution in [2.24, 2.45) is 5.73 Å². The van der Waals surface area contributed by atoms with E-state index in [1.54, 1.807) is 6.07 Å². The maximum atomic E-state index is 11.3. The predicted octanol–water partition coefficient (Wildman–Crippen LogP) is 1.01. The summed E-state index contributed by atoms with van der Waals surface area (Å²) in [6.07, 6.45) is 1.81.